The van der Waals surface area contributed by atoms with Crippen molar-refractivity contribution in [1.29, 1.82) is 0 Å². The van der Waals surface area contributed by atoms with Crippen LogP contribution in [0.15, 0.2) is 11.6 Å². The maximum atomic E-state index is 12.6. The number of aliphatic hydroxyl groups is 2. The summed E-state index contributed by atoms with van der Waals surface area (Å²) in [6.07, 6.45) is 1.63. The summed E-state index contributed by atoms with van der Waals surface area (Å²) in [6.45, 7) is 6.07. The van der Waals surface area contributed by atoms with E-state index in [-0.39, 0.29) is 31.1 Å². The van der Waals surface area contributed by atoms with Crippen LogP contribution in [-0.4, -0.2) is 70.6 Å². The molecule has 3 fully saturated rings. The Hall–Kier alpha value is -1.44. The summed E-state index contributed by atoms with van der Waals surface area (Å²) >= 11 is 0. The van der Waals surface area contributed by atoms with Crippen molar-refractivity contribution in [1.82, 2.24) is 4.90 Å². The molecule has 25 heavy (non-hydrogen) atoms. The first-order valence-electron chi connectivity index (χ1n) is 8.93. The fourth-order valence-electron chi connectivity index (χ4n) is 4.13. The third-order valence-electron chi connectivity index (χ3n) is 6.03. The number of rotatable bonds is 0. The molecule has 140 valence electrons. The Morgan fingerprint density at radius 2 is 2.08 bits per heavy atom. The third kappa shape index (κ3) is 3.20. The standard InChI is InChI=1S/C18H27NO6/c1-4-11-7-10(2)18(3,23)17(22)24-9-12-13(20)8-19-6-5-14(15(12)19)25-16(11)21/h4,10,12-15,20,23H,5-9H2,1-3H3/b11-4-/t10-,12?,13-,14-,15-,18-/m1/s1/i1+1,2+1,4+1,10+1. The van der Waals surface area contributed by atoms with Crippen molar-refractivity contribution in [2.75, 3.05) is 19.7 Å². The lowest BCUT2D eigenvalue weighted by Crippen LogP contribution is -2.47. The van der Waals surface area contributed by atoms with Crippen molar-refractivity contribution in [2.24, 2.45) is 11.8 Å². The van der Waals surface area contributed by atoms with Crippen LogP contribution in [0.3, 0.4) is 0 Å². The van der Waals surface area contributed by atoms with Gasteiger partial charge in [-0.15, -0.1) is 0 Å². The summed E-state index contributed by atoms with van der Waals surface area (Å²) < 4.78 is 11.1. The molecule has 0 bridgehead atoms. The molecule has 7 heteroatoms. The highest BCUT2D eigenvalue weighted by Crippen LogP contribution is 2.37. The number of ether oxygens (including phenoxy) is 2. The summed E-state index contributed by atoms with van der Waals surface area (Å²) in [5.41, 5.74) is -1.28. The minimum atomic E-state index is -1.72. The molecule has 3 aliphatic rings. The van der Waals surface area contributed by atoms with Gasteiger partial charge >= 0.3 is 11.9 Å². The van der Waals surface area contributed by atoms with E-state index in [1.165, 1.54) is 6.92 Å². The fourth-order valence-corrected chi connectivity index (χ4v) is 4.13. The molecule has 0 amide bonds. The molecule has 2 N–H and O–H groups in total. The van der Waals surface area contributed by atoms with E-state index in [1.54, 1.807) is 19.9 Å². The first-order valence-corrected chi connectivity index (χ1v) is 8.93. The Bertz CT molecular complexity index is 586. The molecular weight excluding hydrogens is 330 g/mol. The number of cyclic esters (lactones) is 1. The molecule has 0 radical (unpaired) electrons. The van der Waals surface area contributed by atoms with E-state index in [9.17, 15) is 19.8 Å². The van der Waals surface area contributed by atoms with Crippen molar-refractivity contribution in [3.05, 3.63) is 11.6 Å². The van der Waals surface area contributed by atoms with Crippen LogP contribution >= 0.6 is 0 Å². The largest absolute Gasteiger partial charge is 0.463 e. The van der Waals surface area contributed by atoms with Gasteiger partial charge in [0.1, 0.15) is 6.10 Å². The van der Waals surface area contributed by atoms with Crippen LogP contribution in [0.4, 0.5) is 0 Å². The number of hydrogen-bond donors (Lipinski definition) is 2. The second-order valence-electron chi connectivity index (χ2n) is 7.61. The zero-order chi connectivity index (χ0) is 18.4. The Kier molecular flexibility index (Phi) is 4.92. The van der Waals surface area contributed by atoms with Gasteiger partial charge in [0.05, 0.1) is 18.8 Å². The van der Waals surface area contributed by atoms with E-state index >= 15 is 0 Å². The Balaban J connectivity index is 1.91. The first-order chi connectivity index (χ1) is 11.8. The van der Waals surface area contributed by atoms with Crippen LogP contribution in [0, 0.1) is 11.8 Å². The lowest BCUT2D eigenvalue weighted by molar-refractivity contribution is -0.173. The van der Waals surface area contributed by atoms with Gasteiger partial charge in [-0.3, -0.25) is 4.90 Å². The summed E-state index contributed by atoms with van der Waals surface area (Å²) in [4.78, 5) is 27.1. The number of aliphatic hydroxyl groups excluding tert-OH is 1. The highest BCUT2D eigenvalue weighted by molar-refractivity contribution is 5.89. The van der Waals surface area contributed by atoms with Crippen molar-refractivity contribution in [3.8, 4) is 0 Å². The number of carbonyl (C=O) groups is 2. The third-order valence-corrected chi connectivity index (χ3v) is 6.03. The van der Waals surface area contributed by atoms with Crippen molar-refractivity contribution < 1.29 is 29.3 Å². The SMILES string of the molecule is C[C@]1(O)C(=O)OCC2[C@H](O)CN3CC[C@@H](OC(=O)/C(=[13CH]\[13CH3])C[13C@H]1[13CH3])[C@@H]23. The molecule has 3 rings (SSSR count). The predicted octanol–water partition coefficient (Wildman–Crippen LogP) is 0.243. The molecule has 3 saturated heterocycles. The molecule has 1 unspecified atom stereocenters. The van der Waals surface area contributed by atoms with E-state index in [4.69, 9.17) is 9.47 Å². The van der Waals surface area contributed by atoms with Gasteiger partial charge in [-0.05, 0) is 32.6 Å². The van der Waals surface area contributed by atoms with Gasteiger partial charge in [0.15, 0.2) is 5.60 Å². The lowest BCUT2D eigenvalue weighted by Gasteiger charge is -2.32. The van der Waals surface area contributed by atoms with Gasteiger partial charge in [-0.2, -0.15) is 0 Å². The van der Waals surface area contributed by atoms with Gasteiger partial charge in [0.25, 0.3) is 0 Å². The second kappa shape index (κ2) is 6.70. The monoisotopic (exact) mass is 357 g/mol. The quantitative estimate of drug-likeness (QED) is 0.364. The number of carbonyl (C=O) groups excluding carboxylic acids is 2. The maximum Gasteiger partial charge on any atom is 0.338 e. The number of hydrogen-bond acceptors (Lipinski definition) is 7. The second-order valence-corrected chi connectivity index (χ2v) is 7.61. The van der Waals surface area contributed by atoms with Crippen molar-refractivity contribution >= 4 is 11.9 Å². The summed E-state index contributed by atoms with van der Waals surface area (Å²) in [6, 6.07) is -0.161. The predicted molar refractivity (Wildman–Crippen MR) is 88.5 cm³/mol. The average molecular weight is 357 g/mol. The van der Waals surface area contributed by atoms with Crippen LogP contribution in [0.5, 0.6) is 0 Å². The van der Waals surface area contributed by atoms with E-state index in [2.05, 4.69) is 4.90 Å². The van der Waals surface area contributed by atoms with Gasteiger partial charge in [0, 0.05) is 24.6 Å². The molecule has 0 saturated carbocycles. The molecule has 3 aliphatic heterocycles. The molecule has 0 aromatic rings. The van der Waals surface area contributed by atoms with Crippen LogP contribution in [0.1, 0.15) is 33.6 Å². The van der Waals surface area contributed by atoms with Crippen molar-refractivity contribution in [2.45, 2.75) is 57.5 Å². The highest BCUT2D eigenvalue weighted by Gasteiger charge is 2.51. The number of esters is 2. The smallest absolute Gasteiger partial charge is 0.338 e. The minimum Gasteiger partial charge on any atom is -0.463 e. The molecule has 7 nitrogen and oxygen atoms in total. The zero-order valence-electron chi connectivity index (χ0n) is 15.0. The maximum absolute atomic E-state index is 12.6. The van der Waals surface area contributed by atoms with E-state index in [1.807, 2.05) is 0 Å². The van der Waals surface area contributed by atoms with Gasteiger partial charge < -0.3 is 19.7 Å². The molecule has 0 spiro atoms. The minimum absolute atomic E-state index is 0.00849. The lowest BCUT2D eigenvalue weighted by atomic mass is 9.94. The fraction of sp³-hybridized carbons (Fsp3) is 0.778. The van der Waals surface area contributed by atoms with E-state index in [0.717, 1.165) is 6.54 Å². The normalized spacial score (nSPS) is 44.7. The van der Waals surface area contributed by atoms with Crippen LogP contribution in [0.25, 0.3) is 0 Å². The summed E-state index contributed by atoms with van der Waals surface area (Å²) in [7, 11) is 0. The molecule has 0 aromatic carbocycles. The van der Waals surface area contributed by atoms with Crippen LogP contribution in [0.2, 0.25) is 0 Å². The summed E-state index contributed by atoms with van der Waals surface area (Å²) in [5.74, 6) is -1.97. The molecule has 0 aromatic heterocycles. The van der Waals surface area contributed by atoms with Crippen LogP contribution < -0.4 is 0 Å². The van der Waals surface area contributed by atoms with Gasteiger partial charge in [-0.1, -0.05) is 13.0 Å². The van der Waals surface area contributed by atoms with E-state index in [0.29, 0.717) is 18.5 Å². The molecule has 6 atom stereocenters. The van der Waals surface area contributed by atoms with Gasteiger partial charge in [0.2, 0.25) is 0 Å². The van der Waals surface area contributed by atoms with Crippen LogP contribution in [-0.2, 0) is 19.1 Å². The number of nitrogens with zero attached hydrogens (tertiary/aromatic N) is 1. The number of allylic oxidation sites excluding steroid dienone is 1. The Morgan fingerprint density at radius 3 is 2.76 bits per heavy atom. The highest BCUT2D eigenvalue weighted by atomic mass is 16.6. The Labute approximate surface area is 147 Å². The van der Waals surface area contributed by atoms with Gasteiger partial charge in [-0.25, -0.2) is 9.59 Å². The molecule has 0 aliphatic carbocycles. The average Bonchev–Trinajstić information content (AvgIpc) is 3.08. The van der Waals surface area contributed by atoms with E-state index < -0.39 is 29.6 Å². The Morgan fingerprint density at radius 1 is 1.36 bits per heavy atom. The first kappa shape index (κ1) is 18.4. The molecular formula is C18H27NO6. The topological polar surface area (TPSA) is 96.3 Å². The van der Waals surface area contributed by atoms with Crippen molar-refractivity contribution in [3.63, 3.8) is 0 Å². The summed E-state index contributed by atoms with van der Waals surface area (Å²) in [5, 5.41) is 20.9. The molecule has 3 heterocycles. The zero-order valence-corrected chi connectivity index (χ0v) is 15.0.